The standard InChI is InChI=1S/C21H22N6O4/c22-18-15-19(25-10-24-18)27(20-17(30)16(29)14(9-28)31-20)21(26-15)23-8-12-6-3-5-11-4-1-2-7-13(11)12/h1-7,10,14,16-17,20,28-30H,8-9H2,(H,23,26)(H2,22,24,25)/t14-,16?,17?,20-/m1/s1. The van der Waals surface area contributed by atoms with Gasteiger partial charge in [-0.2, -0.15) is 0 Å². The lowest BCUT2D eigenvalue weighted by atomic mass is 10.0. The number of benzene rings is 2. The number of nitrogens with two attached hydrogens (primary N) is 1. The number of anilines is 2. The monoisotopic (exact) mass is 422 g/mol. The molecule has 6 N–H and O–H groups in total. The number of hydrogen-bond donors (Lipinski definition) is 5. The molecular formula is C21H22N6O4. The van der Waals surface area contributed by atoms with Crippen LogP contribution in [0.3, 0.4) is 0 Å². The van der Waals surface area contributed by atoms with Gasteiger partial charge >= 0.3 is 0 Å². The van der Waals surface area contributed by atoms with Crippen LogP contribution in [0.15, 0.2) is 48.8 Å². The van der Waals surface area contributed by atoms with Crippen LogP contribution in [0.25, 0.3) is 21.9 Å². The van der Waals surface area contributed by atoms with Crippen LogP contribution < -0.4 is 11.1 Å². The molecule has 0 spiro atoms. The number of nitrogens with zero attached hydrogens (tertiary/aromatic N) is 4. The van der Waals surface area contributed by atoms with Crippen molar-refractivity contribution in [2.24, 2.45) is 0 Å². The summed E-state index contributed by atoms with van der Waals surface area (Å²) in [7, 11) is 0. The highest BCUT2D eigenvalue weighted by molar-refractivity contribution is 5.86. The molecule has 160 valence electrons. The summed E-state index contributed by atoms with van der Waals surface area (Å²) < 4.78 is 7.27. The molecule has 5 rings (SSSR count). The van der Waals surface area contributed by atoms with Crippen molar-refractivity contribution in [1.29, 1.82) is 0 Å². The number of ether oxygens (including phenoxy) is 1. The summed E-state index contributed by atoms with van der Waals surface area (Å²) in [6.45, 7) is 0.00402. The Bertz CT molecular complexity index is 1240. The summed E-state index contributed by atoms with van der Waals surface area (Å²) in [5, 5.41) is 35.8. The van der Waals surface area contributed by atoms with Gasteiger partial charge in [0, 0.05) is 6.54 Å². The lowest BCUT2D eigenvalue weighted by Gasteiger charge is -2.20. The van der Waals surface area contributed by atoms with Crippen LogP contribution in [-0.4, -0.2) is 59.8 Å². The highest BCUT2D eigenvalue weighted by atomic mass is 16.6. The fourth-order valence-corrected chi connectivity index (χ4v) is 4.01. The Morgan fingerprint density at radius 1 is 1.06 bits per heavy atom. The second-order valence-corrected chi connectivity index (χ2v) is 7.46. The quantitative estimate of drug-likeness (QED) is 0.314. The van der Waals surface area contributed by atoms with E-state index in [2.05, 4.69) is 20.3 Å². The zero-order valence-corrected chi connectivity index (χ0v) is 16.5. The van der Waals surface area contributed by atoms with E-state index >= 15 is 0 Å². The van der Waals surface area contributed by atoms with Crippen molar-refractivity contribution in [3.8, 4) is 0 Å². The molecule has 0 bridgehead atoms. The molecule has 2 unspecified atom stereocenters. The maximum Gasteiger partial charge on any atom is 0.207 e. The number of aromatic nitrogens is 4. The van der Waals surface area contributed by atoms with E-state index < -0.39 is 31.1 Å². The number of rotatable bonds is 5. The number of nitrogens with one attached hydrogen (secondary N) is 1. The van der Waals surface area contributed by atoms with E-state index in [4.69, 9.17) is 10.5 Å². The minimum Gasteiger partial charge on any atom is -0.394 e. The molecule has 1 saturated heterocycles. The molecule has 1 fully saturated rings. The lowest BCUT2D eigenvalue weighted by Crippen LogP contribution is -2.33. The molecule has 2 aromatic heterocycles. The second-order valence-electron chi connectivity index (χ2n) is 7.46. The summed E-state index contributed by atoms with van der Waals surface area (Å²) >= 11 is 0. The first kappa shape index (κ1) is 19.6. The number of hydrogen-bond acceptors (Lipinski definition) is 9. The van der Waals surface area contributed by atoms with Crippen LogP contribution in [0.4, 0.5) is 11.8 Å². The van der Waals surface area contributed by atoms with Crippen LogP contribution in [0.5, 0.6) is 0 Å². The fourth-order valence-electron chi connectivity index (χ4n) is 4.01. The maximum absolute atomic E-state index is 10.6. The third-order valence-electron chi connectivity index (χ3n) is 5.59. The fraction of sp³-hybridized carbons (Fsp3) is 0.286. The molecule has 1 aliphatic rings. The van der Waals surface area contributed by atoms with Crippen molar-refractivity contribution in [1.82, 2.24) is 19.5 Å². The molecular weight excluding hydrogens is 400 g/mol. The van der Waals surface area contributed by atoms with Crippen molar-refractivity contribution in [2.45, 2.75) is 31.1 Å². The van der Waals surface area contributed by atoms with Crippen molar-refractivity contribution in [3.05, 3.63) is 54.4 Å². The number of aliphatic hydroxyl groups is 3. The molecule has 0 saturated carbocycles. The van der Waals surface area contributed by atoms with Gasteiger partial charge in [0.25, 0.3) is 0 Å². The lowest BCUT2D eigenvalue weighted by molar-refractivity contribution is -0.0501. The van der Waals surface area contributed by atoms with Crippen molar-refractivity contribution in [2.75, 3.05) is 17.7 Å². The Morgan fingerprint density at radius 3 is 2.68 bits per heavy atom. The van der Waals surface area contributed by atoms with Gasteiger partial charge in [-0.05, 0) is 16.3 Å². The van der Waals surface area contributed by atoms with Crippen molar-refractivity contribution in [3.63, 3.8) is 0 Å². The van der Waals surface area contributed by atoms with Gasteiger partial charge in [0.05, 0.1) is 6.61 Å². The minimum absolute atomic E-state index is 0.184. The highest BCUT2D eigenvalue weighted by Crippen LogP contribution is 2.35. The summed E-state index contributed by atoms with van der Waals surface area (Å²) in [4.78, 5) is 12.8. The molecule has 10 heteroatoms. The van der Waals surface area contributed by atoms with Crippen molar-refractivity contribution >= 4 is 33.7 Å². The van der Waals surface area contributed by atoms with E-state index in [0.717, 1.165) is 16.3 Å². The molecule has 0 amide bonds. The third-order valence-corrected chi connectivity index (χ3v) is 5.59. The predicted molar refractivity (Wildman–Crippen MR) is 114 cm³/mol. The van der Waals surface area contributed by atoms with E-state index in [1.165, 1.54) is 6.33 Å². The molecule has 3 heterocycles. The Balaban J connectivity index is 1.55. The topological polar surface area (TPSA) is 152 Å². The number of imidazole rings is 1. The Kier molecular flexibility index (Phi) is 4.91. The molecule has 31 heavy (non-hydrogen) atoms. The van der Waals surface area contributed by atoms with Gasteiger partial charge in [-0.25, -0.2) is 15.0 Å². The van der Waals surface area contributed by atoms with Gasteiger partial charge in [0.2, 0.25) is 5.95 Å². The molecule has 2 aromatic carbocycles. The van der Waals surface area contributed by atoms with Crippen LogP contribution >= 0.6 is 0 Å². The Hall–Kier alpha value is -3.31. The number of aliphatic hydroxyl groups excluding tert-OH is 3. The zero-order valence-electron chi connectivity index (χ0n) is 16.5. The molecule has 10 nitrogen and oxygen atoms in total. The average molecular weight is 422 g/mol. The Labute approximate surface area is 176 Å². The number of nitrogen functional groups attached to an aromatic ring is 1. The van der Waals surface area contributed by atoms with Crippen molar-refractivity contribution < 1.29 is 20.1 Å². The molecule has 4 aromatic rings. The first-order chi connectivity index (χ1) is 15.1. The van der Waals surface area contributed by atoms with Crippen LogP contribution in [0, 0.1) is 0 Å². The van der Waals surface area contributed by atoms with E-state index in [9.17, 15) is 15.3 Å². The first-order valence-corrected chi connectivity index (χ1v) is 9.90. The molecule has 0 aliphatic carbocycles. The highest BCUT2D eigenvalue weighted by Gasteiger charge is 2.45. The van der Waals surface area contributed by atoms with Gasteiger partial charge in [0.15, 0.2) is 23.2 Å². The maximum atomic E-state index is 10.6. The summed E-state index contributed by atoms with van der Waals surface area (Å²) in [5.41, 5.74) is 7.74. The SMILES string of the molecule is Nc1ncnc2c1nc(NCc1cccc3ccccc13)n2[C@@H]1O[C@H](CO)C(O)C1O. The van der Waals surface area contributed by atoms with E-state index in [0.29, 0.717) is 23.7 Å². The predicted octanol–water partition coefficient (Wildman–Crippen LogP) is 0.785. The third kappa shape index (κ3) is 3.26. The van der Waals surface area contributed by atoms with Crippen LogP contribution in [0.2, 0.25) is 0 Å². The largest absolute Gasteiger partial charge is 0.394 e. The van der Waals surface area contributed by atoms with Gasteiger partial charge in [-0.15, -0.1) is 0 Å². The summed E-state index contributed by atoms with van der Waals surface area (Å²) in [6.07, 6.45) is -3.18. The smallest absolute Gasteiger partial charge is 0.207 e. The summed E-state index contributed by atoms with van der Waals surface area (Å²) in [5.74, 6) is 0.536. The van der Waals surface area contributed by atoms with Gasteiger partial charge in [-0.1, -0.05) is 42.5 Å². The van der Waals surface area contributed by atoms with Gasteiger partial charge in [-0.3, -0.25) is 4.57 Å². The second kappa shape index (κ2) is 7.75. The van der Waals surface area contributed by atoms with E-state index in [-0.39, 0.29) is 5.82 Å². The molecule has 0 radical (unpaired) electrons. The van der Waals surface area contributed by atoms with Gasteiger partial charge < -0.3 is 31.1 Å². The first-order valence-electron chi connectivity index (χ1n) is 9.90. The zero-order chi connectivity index (χ0) is 21.5. The summed E-state index contributed by atoms with van der Waals surface area (Å²) in [6, 6.07) is 14.1. The van der Waals surface area contributed by atoms with E-state index in [1.807, 2.05) is 42.5 Å². The van der Waals surface area contributed by atoms with Crippen LogP contribution in [-0.2, 0) is 11.3 Å². The Morgan fingerprint density at radius 2 is 1.87 bits per heavy atom. The van der Waals surface area contributed by atoms with E-state index in [1.54, 1.807) is 4.57 Å². The minimum atomic E-state index is -1.29. The van der Waals surface area contributed by atoms with Gasteiger partial charge in [0.1, 0.15) is 24.6 Å². The average Bonchev–Trinajstić information content (AvgIpc) is 3.30. The normalized spacial score (nSPS) is 23.6. The molecule has 4 atom stereocenters. The number of fused-ring (bicyclic) bond motifs is 2. The van der Waals surface area contributed by atoms with Crippen LogP contribution in [0.1, 0.15) is 11.8 Å². The molecule has 1 aliphatic heterocycles.